The Morgan fingerprint density at radius 3 is 2.35 bits per heavy atom. The molecular formula is C12H15NO4. The van der Waals surface area contributed by atoms with Crippen LogP contribution in [0.2, 0.25) is 0 Å². The Balaban J connectivity index is 3.22. The summed E-state index contributed by atoms with van der Waals surface area (Å²) in [6.45, 7) is 2.95. The zero-order valence-electron chi connectivity index (χ0n) is 9.75. The summed E-state index contributed by atoms with van der Waals surface area (Å²) in [5, 5.41) is 18.7. The number of phenols is 1. The number of hydrogen-bond donors (Lipinski definition) is 2. The smallest absolute Gasteiger partial charge is 0.326 e. The molecule has 0 bridgehead atoms. The van der Waals surface area contributed by atoms with Crippen LogP contribution in [0.3, 0.4) is 0 Å². The SMILES string of the molecule is CCC(C(=O)O)N(C(C)=O)c1ccccc1O. The number of nitrogens with zero attached hydrogens (tertiary/aromatic N) is 1. The molecule has 1 amide bonds. The van der Waals surface area contributed by atoms with Crippen LogP contribution in [-0.2, 0) is 9.59 Å². The average molecular weight is 237 g/mol. The molecule has 92 valence electrons. The van der Waals surface area contributed by atoms with Crippen LogP contribution in [-0.4, -0.2) is 28.1 Å². The minimum atomic E-state index is -1.09. The molecule has 1 rings (SSSR count). The maximum Gasteiger partial charge on any atom is 0.326 e. The lowest BCUT2D eigenvalue weighted by Gasteiger charge is -2.27. The zero-order chi connectivity index (χ0) is 13.0. The summed E-state index contributed by atoms with van der Waals surface area (Å²) in [5.41, 5.74) is 0.217. The number of benzene rings is 1. The molecule has 0 aliphatic heterocycles. The summed E-state index contributed by atoms with van der Waals surface area (Å²) in [4.78, 5) is 23.7. The zero-order valence-corrected chi connectivity index (χ0v) is 9.75. The normalized spacial score (nSPS) is 11.9. The number of hydrogen-bond acceptors (Lipinski definition) is 3. The first-order valence-corrected chi connectivity index (χ1v) is 5.29. The molecule has 0 fully saturated rings. The molecule has 0 spiro atoms. The van der Waals surface area contributed by atoms with E-state index in [-0.39, 0.29) is 17.9 Å². The number of amides is 1. The van der Waals surface area contributed by atoms with Crippen molar-refractivity contribution in [2.24, 2.45) is 0 Å². The molecule has 0 saturated carbocycles. The van der Waals surface area contributed by atoms with Gasteiger partial charge in [0.1, 0.15) is 11.8 Å². The molecule has 2 N–H and O–H groups in total. The van der Waals surface area contributed by atoms with Crippen molar-refractivity contribution in [2.45, 2.75) is 26.3 Å². The number of para-hydroxylation sites is 2. The number of carboxylic acids is 1. The maximum absolute atomic E-state index is 11.6. The highest BCUT2D eigenvalue weighted by atomic mass is 16.4. The second-order valence-electron chi connectivity index (χ2n) is 3.64. The fraction of sp³-hybridized carbons (Fsp3) is 0.333. The van der Waals surface area contributed by atoms with Gasteiger partial charge in [-0.1, -0.05) is 19.1 Å². The van der Waals surface area contributed by atoms with Crippen LogP contribution in [0.15, 0.2) is 24.3 Å². The number of carbonyl (C=O) groups is 2. The minimum Gasteiger partial charge on any atom is -0.506 e. The van der Waals surface area contributed by atoms with Crippen LogP contribution in [0, 0.1) is 0 Å². The maximum atomic E-state index is 11.6. The van der Waals surface area contributed by atoms with Crippen LogP contribution in [0.4, 0.5) is 5.69 Å². The van der Waals surface area contributed by atoms with Gasteiger partial charge < -0.3 is 10.2 Å². The van der Waals surface area contributed by atoms with E-state index in [1.54, 1.807) is 19.1 Å². The van der Waals surface area contributed by atoms with E-state index < -0.39 is 17.9 Å². The van der Waals surface area contributed by atoms with E-state index in [1.165, 1.54) is 19.1 Å². The van der Waals surface area contributed by atoms with Crippen molar-refractivity contribution in [3.63, 3.8) is 0 Å². The summed E-state index contributed by atoms with van der Waals surface area (Å²) >= 11 is 0. The van der Waals surface area contributed by atoms with Gasteiger partial charge in [-0.2, -0.15) is 0 Å². The number of carboxylic acid groups (broad SMARTS) is 1. The molecule has 0 aliphatic rings. The third kappa shape index (κ3) is 2.75. The van der Waals surface area contributed by atoms with Gasteiger partial charge in [0.25, 0.3) is 0 Å². The van der Waals surface area contributed by atoms with E-state index in [2.05, 4.69) is 0 Å². The fourth-order valence-corrected chi connectivity index (χ4v) is 1.69. The standard InChI is InChI=1S/C12H15NO4/c1-3-9(12(16)17)13(8(2)14)10-6-4-5-7-11(10)15/h4-7,9,15H,3H2,1-2H3,(H,16,17). The van der Waals surface area contributed by atoms with Crippen molar-refractivity contribution < 1.29 is 19.8 Å². The van der Waals surface area contributed by atoms with Crippen molar-refractivity contribution in [3.05, 3.63) is 24.3 Å². The van der Waals surface area contributed by atoms with E-state index in [1.807, 2.05) is 0 Å². The molecule has 0 radical (unpaired) electrons. The topological polar surface area (TPSA) is 77.8 Å². The number of anilines is 1. The number of rotatable bonds is 4. The van der Waals surface area contributed by atoms with E-state index in [4.69, 9.17) is 5.11 Å². The van der Waals surface area contributed by atoms with Gasteiger partial charge in [0.05, 0.1) is 5.69 Å². The van der Waals surface area contributed by atoms with Crippen molar-refractivity contribution in [3.8, 4) is 5.75 Å². The van der Waals surface area contributed by atoms with E-state index in [0.717, 1.165) is 4.90 Å². The first-order chi connectivity index (χ1) is 7.99. The van der Waals surface area contributed by atoms with Crippen molar-refractivity contribution in [1.29, 1.82) is 0 Å². The predicted molar refractivity (Wildman–Crippen MR) is 63.0 cm³/mol. The first-order valence-electron chi connectivity index (χ1n) is 5.29. The summed E-state index contributed by atoms with van der Waals surface area (Å²) in [7, 11) is 0. The Morgan fingerprint density at radius 2 is 1.94 bits per heavy atom. The highest BCUT2D eigenvalue weighted by Crippen LogP contribution is 2.29. The van der Waals surface area contributed by atoms with E-state index in [9.17, 15) is 14.7 Å². The van der Waals surface area contributed by atoms with Gasteiger partial charge >= 0.3 is 5.97 Å². The number of aliphatic carboxylic acids is 1. The second-order valence-corrected chi connectivity index (χ2v) is 3.64. The number of carbonyl (C=O) groups excluding carboxylic acids is 1. The summed E-state index contributed by atoms with van der Waals surface area (Å²) < 4.78 is 0. The lowest BCUT2D eigenvalue weighted by atomic mass is 10.1. The van der Waals surface area contributed by atoms with Crippen molar-refractivity contribution in [1.82, 2.24) is 0 Å². The third-order valence-corrected chi connectivity index (χ3v) is 2.46. The number of aromatic hydroxyl groups is 1. The fourth-order valence-electron chi connectivity index (χ4n) is 1.69. The van der Waals surface area contributed by atoms with Gasteiger partial charge in [0, 0.05) is 6.92 Å². The summed E-state index contributed by atoms with van der Waals surface area (Å²) in [5.74, 6) is -1.62. The molecule has 0 aromatic heterocycles. The number of phenolic OH excluding ortho intramolecular Hbond substituents is 1. The van der Waals surface area contributed by atoms with Gasteiger partial charge in [-0.25, -0.2) is 4.79 Å². The van der Waals surface area contributed by atoms with Crippen LogP contribution >= 0.6 is 0 Å². The first kappa shape index (κ1) is 13.0. The Labute approximate surface area is 99.3 Å². The Hall–Kier alpha value is -2.04. The molecule has 1 unspecified atom stereocenters. The van der Waals surface area contributed by atoms with Gasteiger partial charge in [0.2, 0.25) is 5.91 Å². The van der Waals surface area contributed by atoms with Crippen LogP contribution < -0.4 is 4.90 Å². The van der Waals surface area contributed by atoms with E-state index in [0.29, 0.717) is 0 Å². The lowest BCUT2D eigenvalue weighted by Crippen LogP contribution is -2.44. The van der Waals surface area contributed by atoms with Crippen LogP contribution in [0.25, 0.3) is 0 Å². The third-order valence-electron chi connectivity index (χ3n) is 2.46. The van der Waals surface area contributed by atoms with Crippen LogP contribution in [0.5, 0.6) is 5.75 Å². The molecule has 5 nitrogen and oxygen atoms in total. The van der Waals surface area contributed by atoms with Gasteiger partial charge in [-0.3, -0.25) is 9.69 Å². The minimum absolute atomic E-state index is 0.109. The lowest BCUT2D eigenvalue weighted by molar-refractivity contribution is -0.140. The summed E-state index contributed by atoms with van der Waals surface area (Å²) in [6.07, 6.45) is 0.267. The molecule has 0 heterocycles. The molecule has 17 heavy (non-hydrogen) atoms. The molecule has 1 aromatic rings. The van der Waals surface area contributed by atoms with E-state index >= 15 is 0 Å². The Bertz CT molecular complexity index is 430. The predicted octanol–water partition coefficient (Wildman–Crippen LogP) is 1.61. The average Bonchev–Trinajstić information content (AvgIpc) is 2.26. The molecular weight excluding hydrogens is 222 g/mol. The Kier molecular flexibility index (Phi) is 4.09. The second kappa shape index (κ2) is 5.34. The van der Waals surface area contributed by atoms with Gasteiger partial charge in [-0.05, 0) is 18.6 Å². The van der Waals surface area contributed by atoms with Crippen LogP contribution in [0.1, 0.15) is 20.3 Å². The molecule has 1 atom stereocenters. The molecule has 0 aliphatic carbocycles. The highest BCUT2D eigenvalue weighted by Gasteiger charge is 2.28. The van der Waals surface area contributed by atoms with Crippen molar-refractivity contribution >= 4 is 17.6 Å². The van der Waals surface area contributed by atoms with Gasteiger partial charge in [-0.15, -0.1) is 0 Å². The summed E-state index contributed by atoms with van der Waals surface area (Å²) in [6, 6.07) is 5.21. The molecule has 5 heteroatoms. The molecule has 1 aromatic carbocycles. The quantitative estimate of drug-likeness (QED) is 0.833. The highest BCUT2D eigenvalue weighted by molar-refractivity contribution is 5.98. The monoisotopic (exact) mass is 237 g/mol. The Morgan fingerprint density at radius 1 is 1.35 bits per heavy atom. The van der Waals surface area contributed by atoms with Gasteiger partial charge in [0.15, 0.2) is 0 Å². The largest absolute Gasteiger partial charge is 0.506 e. The molecule has 0 saturated heterocycles. The van der Waals surface area contributed by atoms with Crippen molar-refractivity contribution in [2.75, 3.05) is 4.90 Å².